The number of anilines is 1. The Morgan fingerprint density at radius 1 is 1.36 bits per heavy atom. The van der Waals surface area contributed by atoms with Crippen LogP contribution in [0.2, 0.25) is 0 Å². The molecule has 0 spiro atoms. The maximum absolute atomic E-state index is 12.9. The Labute approximate surface area is 150 Å². The number of nitrogens with zero attached hydrogens (tertiary/aromatic N) is 2. The van der Waals surface area contributed by atoms with Crippen LogP contribution in [0.1, 0.15) is 35.7 Å². The fraction of sp³-hybridized carbons (Fsp3) is 0.611. The van der Waals surface area contributed by atoms with Gasteiger partial charge in [0, 0.05) is 24.7 Å². The minimum atomic E-state index is -3.30. The van der Waals surface area contributed by atoms with Gasteiger partial charge in [-0.25, -0.2) is 8.42 Å². The Morgan fingerprint density at radius 3 is 2.80 bits per heavy atom. The highest BCUT2D eigenvalue weighted by Crippen LogP contribution is 2.35. The SMILES string of the molecule is CNC[C@@H]1CCCN(C(=O)c2ccc3c(c2)C[C@H](C)N3S(C)(=O)=O)C1. The van der Waals surface area contributed by atoms with Crippen molar-refractivity contribution < 1.29 is 13.2 Å². The van der Waals surface area contributed by atoms with Crippen molar-refractivity contribution in [2.24, 2.45) is 5.92 Å². The highest BCUT2D eigenvalue weighted by atomic mass is 32.2. The average molecular weight is 365 g/mol. The van der Waals surface area contributed by atoms with Gasteiger partial charge in [0.2, 0.25) is 10.0 Å². The van der Waals surface area contributed by atoms with Crippen molar-refractivity contribution in [3.8, 4) is 0 Å². The summed E-state index contributed by atoms with van der Waals surface area (Å²) in [5, 5.41) is 3.19. The molecule has 2 atom stereocenters. The Kier molecular flexibility index (Phi) is 5.06. The molecule has 138 valence electrons. The Morgan fingerprint density at radius 2 is 2.12 bits per heavy atom. The van der Waals surface area contributed by atoms with Crippen LogP contribution in [0.5, 0.6) is 0 Å². The monoisotopic (exact) mass is 365 g/mol. The third-order valence-corrected chi connectivity index (χ3v) is 6.41. The summed E-state index contributed by atoms with van der Waals surface area (Å²) in [5.74, 6) is 0.548. The van der Waals surface area contributed by atoms with Gasteiger partial charge in [0.1, 0.15) is 0 Å². The molecular weight excluding hydrogens is 338 g/mol. The number of nitrogens with one attached hydrogen (secondary N) is 1. The zero-order valence-corrected chi connectivity index (χ0v) is 16.0. The minimum absolute atomic E-state index is 0.0501. The fourth-order valence-electron chi connectivity index (χ4n) is 4.13. The topological polar surface area (TPSA) is 69.7 Å². The van der Waals surface area contributed by atoms with Gasteiger partial charge in [-0.2, -0.15) is 0 Å². The molecule has 2 aliphatic heterocycles. The van der Waals surface area contributed by atoms with Crippen LogP contribution in [-0.2, 0) is 16.4 Å². The quantitative estimate of drug-likeness (QED) is 0.877. The Bertz CT molecular complexity index is 761. The number of carbonyl (C=O) groups excluding carboxylic acids is 1. The van der Waals surface area contributed by atoms with Crippen molar-refractivity contribution in [2.45, 2.75) is 32.2 Å². The number of rotatable bonds is 4. The molecular formula is C18H27N3O3S. The molecule has 3 rings (SSSR count). The summed E-state index contributed by atoms with van der Waals surface area (Å²) < 4.78 is 25.5. The predicted octanol–water partition coefficient (Wildman–Crippen LogP) is 1.47. The lowest BCUT2D eigenvalue weighted by atomic mass is 9.97. The molecule has 0 unspecified atom stereocenters. The van der Waals surface area contributed by atoms with E-state index in [4.69, 9.17) is 0 Å². The molecule has 1 amide bonds. The lowest BCUT2D eigenvalue weighted by molar-refractivity contribution is 0.0674. The summed E-state index contributed by atoms with van der Waals surface area (Å²) in [4.78, 5) is 14.8. The number of hydrogen-bond donors (Lipinski definition) is 1. The van der Waals surface area contributed by atoms with E-state index in [-0.39, 0.29) is 11.9 Å². The number of hydrogen-bond acceptors (Lipinski definition) is 4. The van der Waals surface area contributed by atoms with Crippen LogP contribution >= 0.6 is 0 Å². The van der Waals surface area contributed by atoms with Crippen molar-refractivity contribution >= 4 is 21.6 Å². The van der Waals surface area contributed by atoms with E-state index in [2.05, 4.69) is 5.32 Å². The van der Waals surface area contributed by atoms with Gasteiger partial charge in [0.15, 0.2) is 0 Å². The largest absolute Gasteiger partial charge is 0.338 e. The summed E-state index contributed by atoms with van der Waals surface area (Å²) in [6, 6.07) is 5.31. The molecule has 1 fully saturated rings. The first-order chi connectivity index (χ1) is 11.8. The zero-order chi connectivity index (χ0) is 18.2. The summed E-state index contributed by atoms with van der Waals surface area (Å²) in [5.41, 5.74) is 2.30. The molecule has 0 bridgehead atoms. The highest BCUT2D eigenvalue weighted by molar-refractivity contribution is 7.92. The van der Waals surface area contributed by atoms with Gasteiger partial charge in [0.05, 0.1) is 11.9 Å². The van der Waals surface area contributed by atoms with Crippen LogP contribution < -0.4 is 9.62 Å². The molecule has 0 aliphatic carbocycles. The number of amides is 1. The molecule has 1 N–H and O–H groups in total. The number of likely N-dealkylation sites (tertiary alicyclic amines) is 1. The molecule has 1 aromatic carbocycles. The van der Waals surface area contributed by atoms with E-state index in [9.17, 15) is 13.2 Å². The minimum Gasteiger partial charge on any atom is -0.338 e. The van der Waals surface area contributed by atoms with Crippen molar-refractivity contribution in [1.29, 1.82) is 0 Å². The summed E-state index contributed by atoms with van der Waals surface area (Å²) in [6.07, 6.45) is 4.05. The van der Waals surface area contributed by atoms with E-state index in [1.807, 2.05) is 24.9 Å². The zero-order valence-electron chi connectivity index (χ0n) is 15.2. The first-order valence-electron chi connectivity index (χ1n) is 8.87. The van der Waals surface area contributed by atoms with Gasteiger partial charge < -0.3 is 10.2 Å². The molecule has 6 nitrogen and oxygen atoms in total. The lowest BCUT2D eigenvalue weighted by Crippen LogP contribution is -2.42. The van der Waals surface area contributed by atoms with Crippen molar-refractivity contribution in [2.75, 3.05) is 37.2 Å². The number of sulfonamides is 1. The molecule has 0 aromatic heterocycles. The van der Waals surface area contributed by atoms with E-state index in [0.717, 1.165) is 38.0 Å². The molecule has 7 heteroatoms. The van der Waals surface area contributed by atoms with Gasteiger partial charge in [-0.05, 0) is 69.5 Å². The summed E-state index contributed by atoms with van der Waals surface area (Å²) in [6.45, 7) is 4.40. The van der Waals surface area contributed by atoms with Crippen molar-refractivity contribution in [1.82, 2.24) is 10.2 Å². The molecule has 2 heterocycles. The second-order valence-corrected chi connectivity index (χ2v) is 9.13. The fourth-order valence-corrected chi connectivity index (χ4v) is 5.39. The van der Waals surface area contributed by atoms with Gasteiger partial charge in [-0.3, -0.25) is 9.10 Å². The molecule has 0 saturated carbocycles. The molecule has 25 heavy (non-hydrogen) atoms. The Hall–Kier alpha value is -1.60. The smallest absolute Gasteiger partial charge is 0.253 e. The van der Waals surface area contributed by atoms with E-state index in [1.165, 1.54) is 10.6 Å². The maximum atomic E-state index is 12.9. The first kappa shape index (κ1) is 18.2. The molecule has 1 saturated heterocycles. The summed E-state index contributed by atoms with van der Waals surface area (Å²) >= 11 is 0. The second-order valence-electron chi connectivity index (χ2n) is 7.27. The van der Waals surface area contributed by atoms with Gasteiger partial charge in [-0.15, -0.1) is 0 Å². The van der Waals surface area contributed by atoms with E-state index in [1.54, 1.807) is 12.1 Å². The van der Waals surface area contributed by atoms with Gasteiger partial charge in [-0.1, -0.05) is 0 Å². The third-order valence-electron chi connectivity index (χ3n) is 5.14. The van der Waals surface area contributed by atoms with Gasteiger partial charge >= 0.3 is 0 Å². The number of benzene rings is 1. The first-order valence-corrected chi connectivity index (χ1v) is 10.7. The predicted molar refractivity (Wildman–Crippen MR) is 99.5 cm³/mol. The number of carbonyl (C=O) groups is 1. The second kappa shape index (κ2) is 6.96. The maximum Gasteiger partial charge on any atom is 0.253 e. The number of fused-ring (bicyclic) bond motifs is 1. The van der Waals surface area contributed by atoms with Crippen LogP contribution in [-0.4, -0.2) is 58.2 Å². The van der Waals surface area contributed by atoms with Crippen LogP contribution in [0, 0.1) is 5.92 Å². The van der Waals surface area contributed by atoms with Crippen molar-refractivity contribution in [3.05, 3.63) is 29.3 Å². The highest BCUT2D eigenvalue weighted by Gasteiger charge is 2.33. The Balaban J connectivity index is 1.81. The lowest BCUT2D eigenvalue weighted by Gasteiger charge is -2.33. The standard InChI is InChI=1S/C18H27N3O3S/c1-13-9-16-10-15(6-7-17(16)21(13)25(3,23)24)18(22)20-8-4-5-14(12-20)11-19-2/h6-7,10,13-14,19H,4-5,8-9,11-12H2,1-3H3/t13-,14-/m0/s1. The average Bonchev–Trinajstić information content (AvgIpc) is 2.89. The van der Waals surface area contributed by atoms with E-state index < -0.39 is 10.0 Å². The molecule has 2 aliphatic rings. The van der Waals surface area contributed by atoms with Crippen molar-refractivity contribution in [3.63, 3.8) is 0 Å². The van der Waals surface area contributed by atoms with Crippen LogP contribution in [0.25, 0.3) is 0 Å². The third kappa shape index (κ3) is 3.67. The number of piperidine rings is 1. The summed E-state index contributed by atoms with van der Waals surface area (Å²) in [7, 11) is -1.36. The van der Waals surface area contributed by atoms with E-state index >= 15 is 0 Å². The normalized spacial score (nSPS) is 23.6. The van der Waals surface area contributed by atoms with Crippen LogP contribution in [0.15, 0.2) is 18.2 Å². The van der Waals surface area contributed by atoms with Gasteiger partial charge in [0.25, 0.3) is 5.91 Å². The molecule has 1 aromatic rings. The van der Waals surface area contributed by atoms with Crippen LogP contribution in [0.3, 0.4) is 0 Å². The van der Waals surface area contributed by atoms with E-state index in [0.29, 0.717) is 23.6 Å². The molecule has 0 radical (unpaired) electrons. The van der Waals surface area contributed by atoms with Crippen LogP contribution in [0.4, 0.5) is 5.69 Å².